The van der Waals surface area contributed by atoms with Crippen LogP contribution in [0.15, 0.2) is 47.7 Å². The van der Waals surface area contributed by atoms with Crippen molar-refractivity contribution in [2.45, 2.75) is 6.92 Å². The van der Waals surface area contributed by atoms with Gasteiger partial charge in [0, 0.05) is 45.6 Å². The number of ether oxygens (including phenoxy) is 1. The fraction of sp³-hybridized carbons (Fsp3) is 0.421. The van der Waals surface area contributed by atoms with Crippen LogP contribution in [0.3, 0.4) is 0 Å². The van der Waals surface area contributed by atoms with E-state index in [0.717, 1.165) is 49.4 Å². The molecule has 26 heavy (non-hydrogen) atoms. The molecule has 7 heteroatoms. The number of hydrogen-bond donors (Lipinski definition) is 1. The highest BCUT2D eigenvalue weighted by Gasteiger charge is 2.20. The fourth-order valence-corrected chi connectivity index (χ4v) is 2.95. The molecule has 0 amide bonds. The lowest BCUT2D eigenvalue weighted by Crippen LogP contribution is -2.53. The van der Waals surface area contributed by atoms with Gasteiger partial charge in [-0.15, -0.1) is 0 Å². The molecule has 3 rings (SSSR count). The Kier molecular flexibility index (Phi) is 6.24. The summed E-state index contributed by atoms with van der Waals surface area (Å²) >= 11 is 0. The average Bonchev–Trinajstić information content (AvgIpc) is 2.70. The molecule has 7 nitrogen and oxygen atoms in total. The van der Waals surface area contributed by atoms with E-state index in [9.17, 15) is 0 Å². The number of aliphatic imine (C=N–C) groups is 1. The van der Waals surface area contributed by atoms with Gasteiger partial charge >= 0.3 is 0 Å². The van der Waals surface area contributed by atoms with Crippen LogP contribution in [-0.2, 0) is 0 Å². The van der Waals surface area contributed by atoms with Crippen molar-refractivity contribution in [3.05, 3.63) is 48.3 Å². The summed E-state index contributed by atoms with van der Waals surface area (Å²) in [5.74, 6) is 2.63. The van der Waals surface area contributed by atoms with Gasteiger partial charge in [-0.3, -0.25) is 4.99 Å². The number of hydrogen-bond acceptors (Lipinski definition) is 5. The highest BCUT2D eigenvalue weighted by molar-refractivity contribution is 5.80. The molecule has 0 unspecified atom stereocenters. The Morgan fingerprint density at radius 1 is 1.12 bits per heavy atom. The molecule has 1 aliphatic rings. The molecule has 138 valence electrons. The van der Waals surface area contributed by atoms with E-state index in [-0.39, 0.29) is 0 Å². The van der Waals surface area contributed by atoms with Gasteiger partial charge in [0.05, 0.1) is 6.54 Å². The standard InChI is InChI=1S/C19H26N6O/c1-16-6-3-4-7-17(16)26-15-10-23-18(20-2)24-11-13-25(14-12-24)19-21-8-5-9-22-19/h3-9H,10-15H2,1-2H3,(H,20,23). The second-order valence-electron chi connectivity index (χ2n) is 6.11. The van der Waals surface area contributed by atoms with Crippen LogP contribution in [0.2, 0.25) is 0 Å². The number of nitrogens with zero attached hydrogens (tertiary/aromatic N) is 5. The smallest absolute Gasteiger partial charge is 0.225 e. The zero-order valence-corrected chi connectivity index (χ0v) is 15.4. The first kappa shape index (κ1) is 18.0. The molecule has 0 spiro atoms. The van der Waals surface area contributed by atoms with Crippen LogP contribution in [0, 0.1) is 6.92 Å². The number of guanidine groups is 1. The van der Waals surface area contributed by atoms with E-state index in [1.807, 2.05) is 31.3 Å². The van der Waals surface area contributed by atoms with Gasteiger partial charge in [0.2, 0.25) is 5.95 Å². The van der Waals surface area contributed by atoms with Crippen LogP contribution < -0.4 is 15.0 Å². The quantitative estimate of drug-likeness (QED) is 0.499. The second kappa shape index (κ2) is 9.03. The number of para-hydroxylation sites is 1. The number of aromatic nitrogens is 2. The van der Waals surface area contributed by atoms with Gasteiger partial charge in [0.25, 0.3) is 0 Å². The van der Waals surface area contributed by atoms with Gasteiger partial charge in [-0.25, -0.2) is 9.97 Å². The number of aryl methyl sites for hydroxylation is 1. The number of rotatable bonds is 5. The summed E-state index contributed by atoms with van der Waals surface area (Å²) in [5, 5.41) is 3.38. The van der Waals surface area contributed by atoms with Crippen LogP contribution in [0.1, 0.15) is 5.56 Å². The van der Waals surface area contributed by atoms with Gasteiger partial charge in [-0.05, 0) is 24.6 Å². The van der Waals surface area contributed by atoms with Crippen molar-refractivity contribution in [3.8, 4) is 5.75 Å². The monoisotopic (exact) mass is 354 g/mol. The molecular weight excluding hydrogens is 328 g/mol. The minimum absolute atomic E-state index is 0.599. The normalized spacial score (nSPS) is 15.1. The summed E-state index contributed by atoms with van der Waals surface area (Å²) in [4.78, 5) is 17.5. The minimum Gasteiger partial charge on any atom is -0.491 e. The molecule has 0 bridgehead atoms. The molecule has 1 N–H and O–H groups in total. The van der Waals surface area contributed by atoms with E-state index >= 15 is 0 Å². The van der Waals surface area contributed by atoms with Gasteiger partial charge in [0.1, 0.15) is 12.4 Å². The second-order valence-corrected chi connectivity index (χ2v) is 6.11. The average molecular weight is 354 g/mol. The van der Waals surface area contributed by atoms with Gasteiger partial charge < -0.3 is 19.9 Å². The van der Waals surface area contributed by atoms with Crippen molar-refractivity contribution < 1.29 is 4.74 Å². The lowest BCUT2D eigenvalue weighted by molar-refractivity contribution is 0.313. The van der Waals surface area contributed by atoms with Crippen molar-refractivity contribution in [3.63, 3.8) is 0 Å². The van der Waals surface area contributed by atoms with Gasteiger partial charge in [0.15, 0.2) is 5.96 Å². The van der Waals surface area contributed by atoms with E-state index < -0.39 is 0 Å². The molecular formula is C19H26N6O. The number of nitrogens with one attached hydrogen (secondary N) is 1. The number of benzene rings is 1. The first-order valence-electron chi connectivity index (χ1n) is 8.94. The summed E-state index contributed by atoms with van der Waals surface area (Å²) in [7, 11) is 1.82. The number of piperazine rings is 1. The van der Waals surface area contributed by atoms with E-state index in [4.69, 9.17) is 4.74 Å². The Hall–Kier alpha value is -2.83. The predicted octanol–water partition coefficient (Wildman–Crippen LogP) is 1.56. The summed E-state index contributed by atoms with van der Waals surface area (Å²) in [6, 6.07) is 9.89. The van der Waals surface area contributed by atoms with E-state index in [2.05, 4.69) is 43.1 Å². The van der Waals surface area contributed by atoms with Crippen molar-refractivity contribution in [1.29, 1.82) is 0 Å². The summed E-state index contributed by atoms with van der Waals surface area (Å²) < 4.78 is 5.83. The largest absolute Gasteiger partial charge is 0.491 e. The maximum Gasteiger partial charge on any atom is 0.225 e. The van der Waals surface area contributed by atoms with E-state index in [1.165, 1.54) is 0 Å². The van der Waals surface area contributed by atoms with Gasteiger partial charge in [-0.1, -0.05) is 18.2 Å². The maximum absolute atomic E-state index is 5.83. The molecule has 0 radical (unpaired) electrons. The molecule has 1 aromatic carbocycles. The third kappa shape index (κ3) is 4.62. The van der Waals surface area contributed by atoms with Crippen molar-refractivity contribution in [2.75, 3.05) is 51.3 Å². The Morgan fingerprint density at radius 3 is 2.54 bits per heavy atom. The van der Waals surface area contributed by atoms with Crippen LogP contribution >= 0.6 is 0 Å². The fourth-order valence-electron chi connectivity index (χ4n) is 2.95. The molecule has 1 fully saturated rings. The first-order valence-corrected chi connectivity index (χ1v) is 8.94. The van der Waals surface area contributed by atoms with Crippen molar-refractivity contribution >= 4 is 11.9 Å². The maximum atomic E-state index is 5.83. The summed E-state index contributed by atoms with van der Waals surface area (Å²) in [6.07, 6.45) is 3.56. The van der Waals surface area contributed by atoms with Crippen molar-refractivity contribution in [1.82, 2.24) is 20.2 Å². The first-order chi connectivity index (χ1) is 12.8. The third-order valence-electron chi connectivity index (χ3n) is 4.36. The Balaban J connectivity index is 1.43. The molecule has 0 aliphatic carbocycles. The Morgan fingerprint density at radius 2 is 1.85 bits per heavy atom. The molecule has 1 saturated heterocycles. The van der Waals surface area contributed by atoms with E-state index in [1.54, 1.807) is 12.4 Å². The van der Waals surface area contributed by atoms with Crippen LogP contribution in [0.5, 0.6) is 5.75 Å². The molecule has 2 aromatic rings. The lowest BCUT2D eigenvalue weighted by atomic mass is 10.2. The lowest BCUT2D eigenvalue weighted by Gasteiger charge is -2.36. The topological polar surface area (TPSA) is 65.9 Å². The third-order valence-corrected chi connectivity index (χ3v) is 4.36. The molecule has 2 heterocycles. The van der Waals surface area contributed by atoms with Crippen molar-refractivity contribution in [2.24, 2.45) is 4.99 Å². The van der Waals surface area contributed by atoms with Crippen LogP contribution in [-0.4, -0.2) is 67.2 Å². The highest BCUT2D eigenvalue weighted by atomic mass is 16.5. The molecule has 0 atom stereocenters. The molecule has 0 saturated carbocycles. The zero-order valence-electron chi connectivity index (χ0n) is 15.4. The minimum atomic E-state index is 0.599. The SMILES string of the molecule is CN=C(NCCOc1ccccc1C)N1CCN(c2ncccn2)CC1. The Labute approximate surface area is 154 Å². The Bertz CT molecular complexity index is 713. The van der Waals surface area contributed by atoms with Crippen LogP contribution in [0.25, 0.3) is 0 Å². The summed E-state index contributed by atoms with van der Waals surface area (Å²) in [5.41, 5.74) is 1.15. The van der Waals surface area contributed by atoms with Crippen LogP contribution in [0.4, 0.5) is 5.95 Å². The van der Waals surface area contributed by atoms with E-state index in [0.29, 0.717) is 13.2 Å². The molecule has 1 aliphatic heterocycles. The summed E-state index contributed by atoms with van der Waals surface area (Å²) in [6.45, 7) is 6.89. The highest BCUT2D eigenvalue weighted by Crippen LogP contribution is 2.15. The molecule has 1 aromatic heterocycles. The zero-order chi connectivity index (χ0) is 18.2. The van der Waals surface area contributed by atoms with Gasteiger partial charge in [-0.2, -0.15) is 0 Å². The number of anilines is 1. The predicted molar refractivity (Wildman–Crippen MR) is 104 cm³/mol.